The number of hydrogen-bond donors (Lipinski definition) is 0. The molecule has 2 saturated carbocycles. The van der Waals surface area contributed by atoms with E-state index in [1.54, 1.807) is 19.2 Å². The number of benzene rings is 1. The first-order valence-corrected chi connectivity index (χ1v) is 10.6. The average molecular weight is 359 g/mol. The van der Waals surface area contributed by atoms with Crippen LogP contribution in [0.4, 0.5) is 4.39 Å². The van der Waals surface area contributed by atoms with Gasteiger partial charge in [0.2, 0.25) is 0 Å². The molecule has 0 heterocycles. The highest BCUT2D eigenvalue weighted by Crippen LogP contribution is 2.42. The van der Waals surface area contributed by atoms with Crippen LogP contribution in [-0.2, 0) is 11.2 Å². The van der Waals surface area contributed by atoms with Gasteiger partial charge >= 0.3 is 0 Å². The predicted octanol–water partition coefficient (Wildman–Crippen LogP) is 6.57. The van der Waals surface area contributed by atoms with E-state index in [4.69, 9.17) is 4.74 Å². The van der Waals surface area contributed by atoms with Crippen molar-refractivity contribution < 1.29 is 9.13 Å². The van der Waals surface area contributed by atoms with Gasteiger partial charge in [-0.3, -0.25) is 0 Å². The number of hydrogen-bond acceptors (Lipinski definition) is 1. The van der Waals surface area contributed by atoms with Crippen LogP contribution in [0.2, 0.25) is 0 Å². The second kappa shape index (κ2) is 10.3. The summed E-state index contributed by atoms with van der Waals surface area (Å²) in [4.78, 5) is 0. The Balaban J connectivity index is 1.34. The molecule has 0 aromatic heterocycles. The minimum atomic E-state index is -0.127. The first-order chi connectivity index (χ1) is 12.7. The van der Waals surface area contributed by atoms with Crippen molar-refractivity contribution in [3.05, 3.63) is 47.8 Å². The third-order valence-corrected chi connectivity index (χ3v) is 6.80. The Labute approximate surface area is 159 Å². The summed E-state index contributed by atoms with van der Waals surface area (Å²) >= 11 is 0. The van der Waals surface area contributed by atoms with Crippen molar-refractivity contribution in [2.45, 2.75) is 64.2 Å². The molecule has 0 atom stereocenters. The van der Waals surface area contributed by atoms with Gasteiger partial charge in [-0.05, 0) is 92.7 Å². The van der Waals surface area contributed by atoms with E-state index >= 15 is 0 Å². The highest BCUT2D eigenvalue weighted by Gasteiger charge is 2.30. The van der Waals surface area contributed by atoms with Crippen LogP contribution in [-0.4, -0.2) is 13.7 Å². The third kappa shape index (κ3) is 5.94. The molecule has 0 radical (unpaired) electrons. The summed E-state index contributed by atoms with van der Waals surface area (Å²) in [5.74, 6) is 3.48. The molecule has 0 unspecified atom stereocenters. The standard InChI is InChI=1S/C24H35FO/c1-26-18-2-3-19-6-12-22(13-7-19)23-14-8-20(9-15-23)4-5-21-10-16-24(25)17-11-21/h2-3,10-11,16-17,19-20,22-23H,4-9,12-15,18H2,1H3/b3-2+. The van der Waals surface area contributed by atoms with Gasteiger partial charge < -0.3 is 4.74 Å². The zero-order chi connectivity index (χ0) is 18.2. The lowest BCUT2D eigenvalue weighted by Gasteiger charge is -2.37. The second-order valence-corrected chi connectivity index (χ2v) is 8.50. The predicted molar refractivity (Wildman–Crippen MR) is 107 cm³/mol. The van der Waals surface area contributed by atoms with Crippen LogP contribution in [0.25, 0.3) is 0 Å². The molecule has 1 nitrogen and oxygen atoms in total. The molecule has 2 fully saturated rings. The topological polar surface area (TPSA) is 9.23 Å². The van der Waals surface area contributed by atoms with Crippen LogP contribution in [0, 0.1) is 29.5 Å². The van der Waals surface area contributed by atoms with Crippen LogP contribution in [0.3, 0.4) is 0 Å². The molecule has 0 spiro atoms. The average Bonchev–Trinajstić information content (AvgIpc) is 2.69. The maximum atomic E-state index is 13.0. The monoisotopic (exact) mass is 358 g/mol. The van der Waals surface area contributed by atoms with Crippen LogP contribution < -0.4 is 0 Å². The molecule has 26 heavy (non-hydrogen) atoms. The molecule has 2 heteroatoms. The van der Waals surface area contributed by atoms with E-state index in [2.05, 4.69) is 12.2 Å². The molecular weight excluding hydrogens is 323 g/mol. The minimum absolute atomic E-state index is 0.127. The Morgan fingerprint density at radius 1 is 0.923 bits per heavy atom. The van der Waals surface area contributed by atoms with Gasteiger partial charge in [0, 0.05) is 7.11 Å². The maximum Gasteiger partial charge on any atom is 0.123 e. The fourth-order valence-electron chi connectivity index (χ4n) is 5.12. The molecule has 2 aliphatic rings. The van der Waals surface area contributed by atoms with E-state index in [-0.39, 0.29) is 5.82 Å². The Morgan fingerprint density at radius 3 is 2.15 bits per heavy atom. The summed E-state index contributed by atoms with van der Waals surface area (Å²) in [6, 6.07) is 7.07. The lowest BCUT2D eigenvalue weighted by molar-refractivity contribution is 0.152. The minimum Gasteiger partial charge on any atom is -0.381 e. The fourth-order valence-corrected chi connectivity index (χ4v) is 5.12. The first-order valence-electron chi connectivity index (χ1n) is 10.6. The van der Waals surface area contributed by atoms with Gasteiger partial charge in [-0.2, -0.15) is 0 Å². The van der Waals surface area contributed by atoms with Crippen LogP contribution in [0.15, 0.2) is 36.4 Å². The smallest absolute Gasteiger partial charge is 0.123 e. The Bertz CT molecular complexity index is 534. The van der Waals surface area contributed by atoms with E-state index in [0.717, 1.165) is 36.7 Å². The summed E-state index contributed by atoms with van der Waals surface area (Å²) in [7, 11) is 1.76. The molecule has 0 N–H and O–H groups in total. The molecule has 144 valence electrons. The van der Waals surface area contributed by atoms with Crippen molar-refractivity contribution in [3.63, 3.8) is 0 Å². The Morgan fingerprint density at radius 2 is 1.54 bits per heavy atom. The zero-order valence-electron chi connectivity index (χ0n) is 16.3. The van der Waals surface area contributed by atoms with Crippen molar-refractivity contribution in [1.29, 1.82) is 0 Å². The highest BCUT2D eigenvalue weighted by atomic mass is 19.1. The normalized spacial score (nSPS) is 29.9. The van der Waals surface area contributed by atoms with E-state index in [1.807, 2.05) is 12.1 Å². The van der Waals surface area contributed by atoms with Crippen molar-refractivity contribution >= 4 is 0 Å². The summed E-state index contributed by atoms with van der Waals surface area (Å²) in [5, 5.41) is 0. The van der Waals surface area contributed by atoms with Crippen molar-refractivity contribution in [2.75, 3.05) is 13.7 Å². The van der Waals surface area contributed by atoms with Gasteiger partial charge in [-0.15, -0.1) is 0 Å². The van der Waals surface area contributed by atoms with Gasteiger partial charge in [0.05, 0.1) is 6.61 Å². The van der Waals surface area contributed by atoms with E-state index < -0.39 is 0 Å². The molecule has 0 bridgehead atoms. The lowest BCUT2D eigenvalue weighted by atomic mass is 9.68. The molecule has 2 aliphatic carbocycles. The van der Waals surface area contributed by atoms with Gasteiger partial charge in [-0.25, -0.2) is 4.39 Å². The summed E-state index contributed by atoms with van der Waals surface area (Å²) < 4.78 is 18.1. The second-order valence-electron chi connectivity index (χ2n) is 8.50. The number of halogens is 1. The number of rotatable bonds is 7. The van der Waals surface area contributed by atoms with Gasteiger partial charge in [0.15, 0.2) is 0 Å². The molecule has 0 saturated heterocycles. The van der Waals surface area contributed by atoms with Crippen LogP contribution in [0.5, 0.6) is 0 Å². The first kappa shape index (κ1) is 19.6. The Hall–Kier alpha value is -1.15. The van der Waals surface area contributed by atoms with E-state index in [0.29, 0.717) is 0 Å². The van der Waals surface area contributed by atoms with Crippen LogP contribution in [0.1, 0.15) is 63.4 Å². The van der Waals surface area contributed by atoms with Crippen LogP contribution >= 0.6 is 0 Å². The largest absolute Gasteiger partial charge is 0.381 e. The Kier molecular flexibility index (Phi) is 7.73. The third-order valence-electron chi connectivity index (χ3n) is 6.80. The zero-order valence-corrected chi connectivity index (χ0v) is 16.3. The van der Waals surface area contributed by atoms with Crippen molar-refractivity contribution in [1.82, 2.24) is 0 Å². The van der Waals surface area contributed by atoms with E-state index in [9.17, 15) is 4.39 Å². The highest BCUT2D eigenvalue weighted by molar-refractivity contribution is 5.16. The summed E-state index contributed by atoms with van der Waals surface area (Å²) in [6.07, 6.45) is 18.2. The molecule has 1 aromatic rings. The number of ether oxygens (including phenoxy) is 1. The lowest BCUT2D eigenvalue weighted by Crippen LogP contribution is -2.25. The van der Waals surface area contributed by atoms with Crippen molar-refractivity contribution in [2.24, 2.45) is 23.7 Å². The molecule has 0 aliphatic heterocycles. The number of allylic oxidation sites excluding steroid dienone is 1. The van der Waals surface area contributed by atoms with Gasteiger partial charge in [-0.1, -0.05) is 37.1 Å². The molecular formula is C24H35FO. The maximum absolute atomic E-state index is 13.0. The fraction of sp³-hybridized carbons (Fsp3) is 0.667. The number of aryl methyl sites for hydroxylation is 1. The van der Waals surface area contributed by atoms with Gasteiger partial charge in [0.1, 0.15) is 5.82 Å². The SMILES string of the molecule is COC/C=C/C1CCC(C2CCC(CCc3ccc(F)cc3)CC2)CC1. The summed E-state index contributed by atoms with van der Waals surface area (Å²) in [6.45, 7) is 0.752. The van der Waals surface area contributed by atoms with E-state index in [1.165, 1.54) is 63.4 Å². The van der Waals surface area contributed by atoms with Gasteiger partial charge in [0.25, 0.3) is 0 Å². The summed E-state index contributed by atoms with van der Waals surface area (Å²) in [5.41, 5.74) is 1.29. The quantitative estimate of drug-likeness (QED) is 0.501. The molecule has 0 amide bonds. The van der Waals surface area contributed by atoms with Crippen molar-refractivity contribution in [3.8, 4) is 0 Å². The number of methoxy groups -OCH3 is 1. The molecule has 1 aromatic carbocycles. The molecule has 3 rings (SSSR count).